The number of rotatable bonds is 61. The third-order valence-electron chi connectivity index (χ3n) is 15.2. The van der Waals surface area contributed by atoms with Crippen LogP contribution >= 0.6 is 0 Å². The number of hydrogen-bond donors (Lipinski definition) is 3. The van der Waals surface area contributed by atoms with Gasteiger partial charge < -0.3 is 20.3 Å². The summed E-state index contributed by atoms with van der Waals surface area (Å²) in [5, 5.41) is 23.1. The predicted molar refractivity (Wildman–Crippen MR) is 315 cm³/mol. The molecule has 0 saturated carbocycles. The second-order valence-corrected chi connectivity index (χ2v) is 22.5. The SMILES string of the molecule is CCCCC/C=C\CCCCCCCC(=O)OCCCCCCCCCCCCCCCCCCCCCCCCCCCCCCCCC(=O)NC(CO)C(O)/C=C/CCCCCCCCCCCCC. The van der Waals surface area contributed by atoms with Gasteiger partial charge in [0.25, 0.3) is 0 Å². The standard InChI is InChI=1S/C66H127NO5/c1-3-5-7-9-11-13-15-35-38-42-46-50-54-58-64(69)63(62-68)67-65(70)59-55-51-47-43-39-36-33-31-29-27-25-23-21-19-17-18-20-22-24-26-28-30-32-34-37-41-45-49-53-57-61-72-66(71)60-56-52-48-44-40-16-14-12-10-8-6-4-2/h12,14,54,58,63-64,68-69H,3-11,13,15-53,55-57,59-62H2,1-2H3,(H,67,70)/b14-12-,58-54+. The van der Waals surface area contributed by atoms with Crippen LogP contribution in [0.3, 0.4) is 0 Å². The number of aliphatic hydroxyl groups excluding tert-OH is 2. The van der Waals surface area contributed by atoms with Crippen LogP contribution in [0.2, 0.25) is 0 Å². The van der Waals surface area contributed by atoms with E-state index in [4.69, 9.17) is 4.74 Å². The van der Waals surface area contributed by atoms with E-state index in [1.807, 2.05) is 6.08 Å². The second-order valence-electron chi connectivity index (χ2n) is 22.5. The molecule has 0 aliphatic carbocycles. The highest BCUT2D eigenvalue weighted by Crippen LogP contribution is 2.18. The smallest absolute Gasteiger partial charge is 0.305 e. The highest BCUT2D eigenvalue weighted by Gasteiger charge is 2.18. The van der Waals surface area contributed by atoms with Crippen molar-refractivity contribution in [2.24, 2.45) is 0 Å². The first-order chi connectivity index (χ1) is 35.5. The summed E-state index contributed by atoms with van der Waals surface area (Å²) in [5.74, 6) is -0.0530. The Morgan fingerprint density at radius 2 is 0.653 bits per heavy atom. The fourth-order valence-corrected chi connectivity index (χ4v) is 10.2. The number of ether oxygens (including phenoxy) is 1. The molecule has 0 aromatic rings. The third kappa shape index (κ3) is 57.6. The van der Waals surface area contributed by atoms with Crippen molar-refractivity contribution in [2.75, 3.05) is 13.2 Å². The van der Waals surface area contributed by atoms with Crippen LogP contribution in [0.4, 0.5) is 0 Å². The van der Waals surface area contributed by atoms with Crippen LogP contribution in [0.1, 0.15) is 361 Å². The summed E-state index contributed by atoms with van der Waals surface area (Å²) in [6, 6.07) is -0.623. The molecule has 0 rings (SSSR count). The van der Waals surface area contributed by atoms with Gasteiger partial charge in [-0.3, -0.25) is 9.59 Å². The first-order valence-electron chi connectivity index (χ1n) is 32.6. The molecule has 1 amide bonds. The molecule has 0 fully saturated rings. The van der Waals surface area contributed by atoms with Crippen molar-refractivity contribution >= 4 is 11.9 Å². The number of esters is 1. The molecular formula is C66H127NO5. The first-order valence-corrected chi connectivity index (χ1v) is 32.6. The third-order valence-corrected chi connectivity index (χ3v) is 15.2. The van der Waals surface area contributed by atoms with Crippen molar-refractivity contribution in [1.29, 1.82) is 0 Å². The minimum atomic E-state index is -0.840. The normalized spacial score (nSPS) is 12.7. The van der Waals surface area contributed by atoms with Crippen molar-refractivity contribution in [3.8, 4) is 0 Å². The number of amides is 1. The van der Waals surface area contributed by atoms with E-state index in [-0.39, 0.29) is 18.5 Å². The van der Waals surface area contributed by atoms with Gasteiger partial charge in [-0.25, -0.2) is 0 Å². The van der Waals surface area contributed by atoms with Gasteiger partial charge in [0.15, 0.2) is 0 Å². The zero-order chi connectivity index (χ0) is 52.2. The summed E-state index contributed by atoms with van der Waals surface area (Å²) >= 11 is 0. The molecule has 6 heteroatoms. The molecule has 0 aliphatic rings. The average molecular weight is 1010 g/mol. The number of hydrogen-bond acceptors (Lipinski definition) is 5. The number of allylic oxidation sites excluding steroid dienone is 3. The minimum absolute atomic E-state index is 0.00986. The van der Waals surface area contributed by atoms with Crippen LogP contribution in [0.15, 0.2) is 24.3 Å². The van der Waals surface area contributed by atoms with Gasteiger partial charge >= 0.3 is 5.97 Å². The fraction of sp³-hybridized carbons (Fsp3) is 0.909. The van der Waals surface area contributed by atoms with E-state index in [1.165, 1.54) is 289 Å². The largest absolute Gasteiger partial charge is 0.466 e. The lowest BCUT2D eigenvalue weighted by Gasteiger charge is -2.20. The molecule has 0 aromatic carbocycles. The Labute approximate surface area is 450 Å². The number of unbranched alkanes of at least 4 members (excludes halogenated alkanes) is 48. The zero-order valence-electron chi connectivity index (χ0n) is 48.7. The molecule has 426 valence electrons. The molecular weight excluding hydrogens is 887 g/mol. The van der Waals surface area contributed by atoms with E-state index in [0.29, 0.717) is 19.4 Å². The molecule has 0 radical (unpaired) electrons. The molecule has 0 bridgehead atoms. The number of carbonyl (C=O) groups excluding carboxylic acids is 2. The number of nitrogens with one attached hydrogen (secondary N) is 1. The molecule has 0 saturated heterocycles. The van der Waals surface area contributed by atoms with Crippen LogP contribution < -0.4 is 5.32 Å². The summed E-state index contributed by atoms with van der Waals surface area (Å²) in [7, 11) is 0. The van der Waals surface area contributed by atoms with Crippen LogP contribution in [0.25, 0.3) is 0 Å². The highest BCUT2D eigenvalue weighted by molar-refractivity contribution is 5.76. The molecule has 2 atom stereocenters. The van der Waals surface area contributed by atoms with E-state index < -0.39 is 12.1 Å². The van der Waals surface area contributed by atoms with Crippen LogP contribution in [0.5, 0.6) is 0 Å². The monoisotopic (exact) mass is 1010 g/mol. The van der Waals surface area contributed by atoms with Gasteiger partial charge in [0.1, 0.15) is 0 Å². The van der Waals surface area contributed by atoms with E-state index in [9.17, 15) is 19.8 Å². The van der Waals surface area contributed by atoms with Crippen molar-refractivity contribution in [3.05, 3.63) is 24.3 Å². The van der Waals surface area contributed by atoms with E-state index >= 15 is 0 Å². The van der Waals surface area contributed by atoms with Gasteiger partial charge in [0, 0.05) is 12.8 Å². The van der Waals surface area contributed by atoms with Crippen molar-refractivity contribution in [3.63, 3.8) is 0 Å². The van der Waals surface area contributed by atoms with Gasteiger partial charge in [-0.15, -0.1) is 0 Å². The van der Waals surface area contributed by atoms with Gasteiger partial charge in [-0.05, 0) is 57.8 Å². The topological polar surface area (TPSA) is 95.9 Å². The molecule has 6 nitrogen and oxygen atoms in total. The second kappa shape index (κ2) is 61.9. The molecule has 0 spiro atoms. The fourth-order valence-electron chi connectivity index (χ4n) is 10.2. The van der Waals surface area contributed by atoms with E-state index in [0.717, 1.165) is 44.9 Å². The lowest BCUT2D eigenvalue weighted by Crippen LogP contribution is -2.45. The first kappa shape index (κ1) is 70.3. The van der Waals surface area contributed by atoms with Gasteiger partial charge in [0.2, 0.25) is 5.91 Å². The van der Waals surface area contributed by atoms with Crippen molar-refractivity contribution in [1.82, 2.24) is 5.32 Å². The highest BCUT2D eigenvalue weighted by atomic mass is 16.5. The Morgan fingerprint density at radius 3 is 1.01 bits per heavy atom. The minimum Gasteiger partial charge on any atom is -0.466 e. The Morgan fingerprint density at radius 1 is 0.375 bits per heavy atom. The maximum atomic E-state index is 12.5. The van der Waals surface area contributed by atoms with Gasteiger partial charge in [-0.2, -0.15) is 0 Å². The van der Waals surface area contributed by atoms with Crippen LogP contribution in [-0.4, -0.2) is 47.4 Å². The quantitative estimate of drug-likeness (QED) is 0.0320. The van der Waals surface area contributed by atoms with Crippen molar-refractivity contribution < 1.29 is 24.5 Å². The number of carbonyl (C=O) groups is 2. The molecule has 0 heterocycles. The Balaban J connectivity index is 3.34. The van der Waals surface area contributed by atoms with Gasteiger partial charge in [0.05, 0.1) is 25.4 Å². The lowest BCUT2D eigenvalue weighted by molar-refractivity contribution is -0.143. The zero-order valence-corrected chi connectivity index (χ0v) is 48.7. The summed E-state index contributed by atoms with van der Waals surface area (Å²) in [6.45, 7) is 4.90. The molecule has 0 aliphatic heterocycles. The maximum Gasteiger partial charge on any atom is 0.305 e. The maximum absolute atomic E-state index is 12.5. The Bertz CT molecular complexity index is 1120. The molecule has 0 aromatic heterocycles. The Hall–Kier alpha value is -1.66. The van der Waals surface area contributed by atoms with Crippen LogP contribution in [0, 0.1) is 0 Å². The summed E-state index contributed by atoms with van der Waals surface area (Å²) < 4.78 is 5.47. The lowest BCUT2D eigenvalue weighted by atomic mass is 10.0. The molecule has 72 heavy (non-hydrogen) atoms. The summed E-state index contributed by atoms with van der Waals surface area (Å²) in [6.07, 6.45) is 76.7. The summed E-state index contributed by atoms with van der Waals surface area (Å²) in [5.41, 5.74) is 0. The molecule has 3 N–H and O–H groups in total. The van der Waals surface area contributed by atoms with Gasteiger partial charge in [-0.1, -0.05) is 314 Å². The van der Waals surface area contributed by atoms with E-state index in [1.54, 1.807) is 6.08 Å². The Kier molecular flexibility index (Phi) is 60.5. The van der Waals surface area contributed by atoms with E-state index in [2.05, 4.69) is 31.3 Å². The molecule has 2 unspecified atom stereocenters. The summed E-state index contributed by atoms with van der Waals surface area (Å²) in [4.78, 5) is 24.5. The predicted octanol–water partition coefficient (Wildman–Crippen LogP) is 20.6. The van der Waals surface area contributed by atoms with Crippen LogP contribution in [-0.2, 0) is 14.3 Å². The average Bonchev–Trinajstić information content (AvgIpc) is 3.38. The number of aliphatic hydroxyl groups is 2. The van der Waals surface area contributed by atoms with Crippen molar-refractivity contribution in [2.45, 2.75) is 373 Å².